The molecule has 0 aliphatic carbocycles. The van der Waals surface area contributed by atoms with Crippen molar-refractivity contribution in [3.63, 3.8) is 0 Å². The maximum atomic E-state index is 14.1. The molecule has 2 N–H and O–H groups in total. The lowest BCUT2D eigenvalue weighted by Crippen LogP contribution is -2.48. The zero-order valence-electron chi connectivity index (χ0n) is 33.9. The zero-order chi connectivity index (χ0) is 40.2. The maximum Gasteiger partial charge on any atom is 0.328 e. The molecule has 0 saturated heterocycles. The first-order valence-electron chi connectivity index (χ1n) is 19.5. The molecule has 1 aromatic rings. The SMILES string of the molecule is CC#CCOc1ccc(C[C@H](NC(=O)[C@@H](/C=C/CCCCCCC(=O)CCCCCCC)[C@@H](CC(=O)NCCOC)C(=O)OC(C)(C)C)C(=O)OC)cc1. The Morgan fingerprint density at radius 2 is 1.52 bits per heavy atom. The molecule has 0 aromatic heterocycles. The molecule has 302 valence electrons. The van der Waals surface area contributed by atoms with Crippen LogP contribution in [0.4, 0.5) is 0 Å². The van der Waals surface area contributed by atoms with Crippen LogP contribution in [0.25, 0.3) is 0 Å². The number of hydrogen-bond donors (Lipinski definition) is 2. The van der Waals surface area contributed by atoms with Gasteiger partial charge in [-0.1, -0.05) is 75.7 Å². The summed E-state index contributed by atoms with van der Waals surface area (Å²) < 4.78 is 21.4. The van der Waals surface area contributed by atoms with Crippen molar-refractivity contribution in [2.75, 3.05) is 34.0 Å². The highest BCUT2D eigenvalue weighted by Gasteiger charge is 2.38. The molecule has 0 heterocycles. The monoisotopic (exact) mass is 754 g/mol. The first-order chi connectivity index (χ1) is 25.8. The highest BCUT2D eigenvalue weighted by atomic mass is 16.6. The van der Waals surface area contributed by atoms with Gasteiger partial charge >= 0.3 is 11.9 Å². The summed E-state index contributed by atoms with van der Waals surface area (Å²) in [5.74, 6) is 1.79. The summed E-state index contributed by atoms with van der Waals surface area (Å²) in [5, 5.41) is 5.52. The number of unbranched alkanes of at least 4 members (excludes halogenated alkanes) is 8. The predicted molar refractivity (Wildman–Crippen MR) is 211 cm³/mol. The normalized spacial score (nSPS) is 12.9. The van der Waals surface area contributed by atoms with Gasteiger partial charge in [-0.15, -0.1) is 5.92 Å². The lowest BCUT2D eigenvalue weighted by Gasteiger charge is -2.28. The molecule has 0 radical (unpaired) electrons. The molecule has 11 heteroatoms. The van der Waals surface area contributed by atoms with Gasteiger partial charge in [0.1, 0.15) is 29.8 Å². The summed E-state index contributed by atoms with van der Waals surface area (Å²) in [5.41, 5.74) is -0.141. The number of ether oxygens (including phenoxy) is 4. The van der Waals surface area contributed by atoms with Crippen molar-refractivity contribution in [3.8, 4) is 17.6 Å². The molecule has 0 spiro atoms. The van der Waals surface area contributed by atoms with Crippen LogP contribution in [0.2, 0.25) is 0 Å². The first kappa shape index (κ1) is 47.9. The molecule has 0 fully saturated rings. The molecule has 3 atom stereocenters. The summed E-state index contributed by atoms with van der Waals surface area (Å²) in [6.07, 6.45) is 14.3. The molecule has 0 unspecified atom stereocenters. The van der Waals surface area contributed by atoms with E-state index in [9.17, 15) is 24.0 Å². The summed E-state index contributed by atoms with van der Waals surface area (Å²) in [6, 6.07) is 6.00. The van der Waals surface area contributed by atoms with E-state index in [4.69, 9.17) is 18.9 Å². The summed E-state index contributed by atoms with van der Waals surface area (Å²) in [4.78, 5) is 66.0. The summed E-state index contributed by atoms with van der Waals surface area (Å²) in [7, 11) is 2.75. The molecular weight excluding hydrogens is 688 g/mol. The largest absolute Gasteiger partial charge is 0.481 e. The molecule has 0 saturated carbocycles. The smallest absolute Gasteiger partial charge is 0.328 e. The van der Waals surface area contributed by atoms with Crippen LogP contribution in [-0.4, -0.2) is 75.2 Å². The Labute approximate surface area is 324 Å². The number of carbonyl (C=O) groups is 5. The van der Waals surface area contributed by atoms with E-state index < -0.39 is 47.2 Å². The van der Waals surface area contributed by atoms with Gasteiger partial charge in [0.25, 0.3) is 0 Å². The number of allylic oxidation sites excluding steroid dienone is 1. The van der Waals surface area contributed by atoms with E-state index in [0.29, 0.717) is 30.8 Å². The second-order valence-electron chi connectivity index (χ2n) is 14.4. The number of benzene rings is 1. The first-order valence-corrected chi connectivity index (χ1v) is 19.5. The van der Waals surface area contributed by atoms with E-state index >= 15 is 0 Å². The van der Waals surface area contributed by atoms with E-state index in [-0.39, 0.29) is 32.6 Å². The number of methoxy groups -OCH3 is 2. The van der Waals surface area contributed by atoms with Crippen LogP contribution in [0.15, 0.2) is 36.4 Å². The van der Waals surface area contributed by atoms with Gasteiger partial charge in [0, 0.05) is 39.3 Å². The summed E-state index contributed by atoms with van der Waals surface area (Å²) in [6.45, 7) is 9.81. The van der Waals surface area contributed by atoms with Gasteiger partial charge in [0.2, 0.25) is 11.8 Å². The highest BCUT2D eigenvalue weighted by Crippen LogP contribution is 2.25. The number of Topliss-reactive ketones (excluding diaryl/α,β-unsaturated/α-hetero) is 1. The predicted octanol–water partition coefficient (Wildman–Crippen LogP) is 6.84. The second-order valence-corrected chi connectivity index (χ2v) is 14.4. The van der Waals surface area contributed by atoms with Gasteiger partial charge in [-0.25, -0.2) is 4.79 Å². The lowest BCUT2D eigenvalue weighted by molar-refractivity contribution is -0.164. The molecule has 0 aliphatic rings. The number of hydrogen-bond acceptors (Lipinski definition) is 9. The van der Waals surface area contributed by atoms with Gasteiger partial charge < -0.3 is 29.6 Å². The molecule has 1 aromatic carbocycles. The standard InChI is InChI=1S/C43H66N2O9/c1-8-10-12-15-18-21-34(46)22-19-16-13-14-17-20-23-36(37(41(49)54-43(3,4)5)32-39(47)44-28-30-51-6)40(48)45-38(42(50)52-7)31-33-24-26-35(27-25-33)53-29-11-9-2/h20,23-27,36-38H,8,10,12-19,21-22,28-32H2,1-7H3,(H,44,47)(H,45,48)/b23-20+/t36-,37+,38-/m0/s1. The minimum atomic E-state index is -1.18. The minimum absolute atomic E-state index is 0.111. The number of amides is 2. The third-order valence-corrected chi connectivity index (χ3v) is 8.61. The van der Waals surface area contributed by atoms with Crippen LogP contribution >= 0.6 is 0 Å². The topological polar surface area (TPSA) is 146 Å². The molecule has 54 heavy (non-hydrogen) atoms. The third kappa shape index (κ3) is 22.1. The number of nitrogens with one attached hydrogen (secondary N) is 2. The van der Waals surface area contributed by atoms with Crippen molar-refractivity contribution in [1.82, 2.24) is 10.6 Å². The Morgan fingerprint density at radius 1 is 0.870 bits per heavy atom. The van der Waals surface area contributed by atoms with Crippen LogP contribution in [-0.2, 0) is 44.6 Å². The van der Waals surface area contributed by atoms with Crippen molar-refractivity contribution in [3.05, 3.63) is 42.0 Å². The zero-order valence-corrected chi connectivity index (χ0v) is 33.9. The van der Waals surface area contributed by atoms with Crippen molar-refractivity contribution in [2.45, 2.75) is 136 Å². The van der Waals surface area contributed by atoms with E-state index in [1.54, 1.807) is 58.0 Å². The van der Waals surface area contributed by atoms with Gasteiger partial charge in [0.05, 0.1) is 25.6 Å². The fourth-order valence-corrected chi connectivity index (χ4v) is 5.69. The van der Waals surface area contributed by atoms with Crippen molar-refractivity contribution in [2.24, 2.45) is 11.8 Å². The number of ketones is 1. The van der Waals surface area contributed by atoms with Crippen molar-refractivity contribution >= 4 is 29.5 Å². The van der Waals surface area contributed by atoms with E-state index in [0.717, 1.165) is 44.1 Å². The maximum absolute atomic E-state index is 14.1. The Balaban J connectivity index is 3.15. The quantitative estimate of drug-likeness (QED) is 0.0406. The fourth-order valence-electron chi connectivity index (χ4n) is 5.69. The molecule has 2 amide bonds. The number of esters is 2. The number of rotatable bonds is 28. The minimum Gasteiger partial charge on any atom is -0.481 e. The number of carbonyl (C=O) groups excluding carboxylic acids is 5. The van der Waals surface area contributed by atoms with Gasteiger partial charge in [0.15, 0.2) is 0 Å². The van der Waals surface area contributed by atoms with Crippen molar-refractivity contribution < 1.29 is 42.9 Å². The van der Waals surface area contributed by atoms with Crippen LogP contribution in [0.3, 0.4) is 0 Å². The van der Waals surface area contributed by atoms with Gasteiger partial charge in [-0.3, -0.25) is 19.2 Å². The molecule has 1 rings (SSSR count). The second kappa shape index (κ2) is 28.3. The Hall–Kier alpha value is -4.17. The summed E-state index contributed by atoms with van der Waals surface area (Å²) >= 11 is 0. The van der Waals surface area contributed by atoms with E-state index in [1.165, 1.54) is 33.5 Å². The molecule has 11 nitrogen and oxygen atoms in total. The van der Waals surface area contributed by atoms with E-state index in [1.807, 2.05) is 6.08 Å². The fraction of sp³-hybridized carbons (Fsp3) is 0.651. The van der Waals surface area contributed by atoms with Gasteiger partial charge in [-0.2, -0.15) is 0 Å². The van der Waals surface area contributed by atoms with Crippen LogP contribution in [0.5, 0.6) is 5.75 Å². The van der Waals surface area contributed by atoms with Crippen LogP contribution < -0.4 is 15.4 Å². The average Bonchev–Trinajstić information content (AvgIpc) is 3.13. The van der Waals surface area contributed by atoms with Crippen LogP contribution in [0.1, 0.15) is 124 Å². The Kier molecular flexibility index (Phi) is 25.1. The highest BCUT2D eigenvalue weighted by molar-refractivity contribution is 5.92. The van der Waals surface area contributed by atoms with E-state index in [2.05, 4.69) is 29.4 Å². The average molecular weight is 755 g/mol. The Morgan fingerprint density at radius 3 is 2.11 bits per heavy atom. The molecule has 0 aliphatic heterocycles. The lowest BCUT2D eigenvalue weighted by atomic mass is 9.86. The van der Waals surface area contributed by atoms with Crippen LogP contribution in [0, 0.1) is 23.7 Å². The van der Waals surface area contributed by atoms with Crippen molar-refractivity contribution in [1.29, 1.82) is 0 Å². The molecule has 0 bridgehead atoms. The Bertz CT molecular complexity index is 1360. The van der Waals surface area contributed by atoms with Gasteiger partial charge in [-0.05, 0) is 71.1 Å². The third-order valence-electron chi connectivity index (χ3n) is 8.61. The molecular formula is C43H66N2O9.